The van der Waals surface area contributed by atoms with Crippen LogP contribution in [0.5, 0.6) is 5.75 Å². The van der Waals surface area contributed by atoms with E-state index in [0.29, 0.717) is 6.04 Å². The molecule has 1 fully saturated rings. The first-order valence-corrected chi connectivity index (χ1v) is 8.39. The van der Waals surface area contributed by atoms with Gasteiger partial charge < -0.3 is 20.3 Å². The first-order chi connectivity index (χ1) is 11.3. The van der Waals surface area contributed by atoms with Gasteiger partial charge in [0.2, 0.25) is 0 Å². The number of nitrogens with one attached hydrogen (secondary N) is 1. The van der Waals surface area contributed by atoms with Crippen LogP contribution < -0.4 is 20.3 Å². The van der Waals surface area contributed by atoms with Crippen molar-refractivity contribution in [3.05, 3.63) is 60.2 Å². The van der Waals surface area contributed by atoms with Gasteiger partial charge in [-0.2, -0.15) is 0 Å². The monoisotopic (exact) mass is 313 g/mol. The zero-order valence-corrected chi connectivity index (χ0v) is 13.9. The lowest BCUT2D eigenvalue weighted by molar-refractivity contribution is -0.938. The summed E-state index contributed by atoms with van der Waals surface area (Å²) in [5, 5.41) is 0. The Morgan fingerprint density at radius 3 is 2.26 bits per heavy atom. The molecular weight excluding hydrogens is 286 g/mol. The molecule has 0 radical (unpaired) electrons. The summed E-state index contributed by atoms with van der Waals surface area (Å²) in [7, 11) is 1.71. The molecule has 4 N–H and O–H groups in total. The first-order valence-electron chi connectivity index (χ1n) is 8.39. The number of ether oxygens (including phenoxy) is 1. The van der Waals surface area contributed by atoms with Crippen LogP contribution in [0.4, 0.5) is 5.69 Å². The SMILES string of the molecule is COc1ccc([C@H](C[NH3+])[NH+]2CCN(c3ccccc3)CC2)cc1. The Kier molecular flexibility index (Phi) is 5.16. The predicted octanol–water partition coefficient (Wildman–Crippen LogP) is 0.383. The van der Waals surface area contributed by atoms with Gasteiger partial charge in [-0.25, -0.2) is 0 Å². The maximum Gasteiger partial charge on any atom is 0.163 e. The van der Waals surface area contributed by atoms with Gasteiger partial charge in [-0.05, 0) is 36.4 Å². The number of hydrogen-bond acceptors (Lipinski definition) is 2. The molecule has 4 nitrogen and oxygen atoms in total. The third kappa shape index (κ3) is 3.66. The standard InChI is InChI=1S/C19H25N3O/c1-23-18-9-7-16(8-10-18)19(15-20)22-13-11-21(12-14-22)17-5-3-2-4-6-17/h2-10,19H,11-15,20H2,1H3/p+2/t19-/m0/s1. The molecule has 2 aromatic rings. The summed E-state index contributed by atoms with van der Waals surface area (Å²) in [5.74, 6) is 0.917. The third-order valence-corrected chi connectivity index (χ3v) is 4.83. The highest BCUT2D eigenvalue weighted by Crippen LogP contribution is 2.16. The van der Waals surface area contributed by atoms with Gasteiger partial charge in [-0.1, -0.05) is 18.2 Å². The highest BCUT2D eigenvalue weighted by molar-refractivity contribution is 5.46. The fourth-order valence-electron chi connectivity index (χ4n) is 3.48. The largest absolute Gasteiger partial charge is 0.497 e. The minimum Gasteiger partial charge on any atom is -0.497 e. The zero-order valence-electron chi connectivity index (χ0n) is 13.9. The Balaban J connectivity index is 1.65. The fourth-order valence-corrected chi connectivity index (χ4v) is 3.48. The van der Waals surface area contributed by atoms with E-state index in [1.807, 2.05) is 0 Å². The van der Waals surface area contributed by atoms with E-state index in [4.69, 9.17) is 4.74 Å². The van der Waals surface area contributed by atoms with Crippen LogP contribution in [0.1, 0.15) is 11.6 Å². The molecule has 4 heteroatoms. The van der Waals surface area contributed by atoms with Crippen molar-refractivity contribution in [2.45, 2.75) is 6.04 Å². The number of quaternary nitrogens is 2. The minimum absolute atomic E-state index is 0.471. The molecule has 1 aliphatic heterocycles. The van der Waals surface area contributed by atoms with Crippen molar-refractivity contribution < 1.29 is 15.4 Å². The van der Waals surface area contributed by atoms with Crippen molar-refractivity contribution in [1.29, 1.82) is 0 Å². The van der Waals surface area contributed by atoms with E-state index in [9.17, 15) is 0 Å². The summed E-state index contributed by atoms with van der Waals surface area (Å²) >= 11 is 0. The Morgan fingerprint density at radius 1 is 1.04 bits per heavy atom. The van der Waals surface area contributed by atoms with E-state index in [-0.39, 0.29) is 0 Å². The molecule has 0 saturated carbocycles. The lowest BCUT2D eigenvalue weighted by Crippen LogP contribution is -3.16. The molecule has 1 aliphatic rings. The van der Waals surface area contributed by atoms with Crippen molar-refractivity contribution in [1.82, 2.24) is 0 Å². The first kappa shape index (κ1) is 15.8. The quantitative estimate of drug-likeness (QED) is 0.838. The van der Waals surface area contributed by atoms with Crippen LogP contribution in [0.2, 0.25) is 0 Å². The second-order valence-corrected chi connectivity index (χ2v) is 6.10. The molecule has 1 saturated heterocycles. The Labute approximate surface area is 138 Å². The van der Waals surface area contributed by atoms with Gasteiger partial charge in [0.15, 0.2) is 6.04 Å². The third-order valence-electron chi connectivity index (χ3n) is 4.83. The van der Waals surface area contributed by atoms with Gasteiger partial charge in [0, 0.05) is 11.3 Å². The van der Waals surface area contributed by atoms with Crippen molar-refractivity contribution in [3.8, 4) is 5.75 Å². The number of nitrogens with zero attached hydrogens (tertiary/aromatic N) is 1. The van der Waals surface area contributed by atoms with E-state index in [1.165, 1.54) is 11.3 Å². The fraction of sp³-hybridized carbons (Fsp3) is 0.368. The van der Waals surface area contributed by atoms with Crippen molar-refractivity contribution >= 4 is 5.69 Å². The number of hydrogen-bond donors (Lipinski definition) is 2. The molecule has 1 heterocycles. The van der Waals surface area contributed by atoms with E-state index < -0.39 is 0 Å². The van der Waals surface area contributed by atoms with Crippen LogP contribution in [0.25, 0.3) is 0 Å². The normalized spacial score (nSPS) is 17.0. The average Bonchev–Trinajstić information content (AvgIpc) is 2.64. The summed E-state index contributed by atoms with van der Waals surface area (Å²) in [4.78, 5) is 4.12. The van der Waals surface area contributed by atoms with Gasteiger partial charge in [0.05, 0.1) is 33.3 Å². The van der Waals surface area contributed by atoms with Gasteiger partial charge in [0.25, 0.3) is 0 Å². The molecule has 0 amide bonds. The van der Waals surface area contributed by atoms with Crippen LogP contribution in [-0.2, 0) is 0 Å². The minimum atomic E-state index is 0.471. The lowest BCUT2D eigenvalue weighted by Gasteiger charge is -2.36. The Hall–Kier alpha value is -2.04. The van der Waals surface area contributed by atoms with Gasteiger partial charge in [0.1, 0.15) is 12.3 Å². The highest BCUT2D eigenvalue weighted by Gasteiger charge is 2.29. The maximum atomic E-state index is 5.26. The van der Waals surface area contributed by atoms with Crippen LogP contribution >= 0.6 is 0 Å². The maximum absolute atomic E-state index is 5.26. The van der Waals surface area contributed by atoms with Crippen molar-refractivity contribution in [2.75, 3.05) is 44.7 Å². The summed E-state index contributed by atoms with van der Waals surface area (Å²) in [5.41, 5.74) is 6.89. The number of anilines is 1. The predicted molar refractivity (Wildman–Crippen MR) is 92.8 cm³/mol. The van der Waals surface area contributed by atoms with Crippen LogP contribution in [-0.4, -0.2) is 39.8 Å². The number of para-hydroxylation sites is 1. The topological polar surface area (TPSA) is 44.6 Å². The summed E-state index contributed by atoms with van der Waals surface area (Å²) in [6, 6.07) is 19.7. The molecule has 1 atom stereocenters. The molecule has 0 spiro atoms. The average molecular weight is 313 g/mol. The van der Waals surface area contributed by atoms with E-state index in [1.54, 1.807) is 12.0 Å². The molecular formula is C19H27N3O+2. The van der Waals surface area contributed by atoms with Crippen molar-refractivity contribution in [2.24, 2.45) is 0 Å². The number of benzene rings is 2. The van der Waals surface area contributed by atoms with E-state index >= 15 is 0 Å². The number of rotatable bonds is 5. The summed E-state index contributed by atoms with van der Waals surface area (Å²) in [6.45, 7) is 5.44. The highest BCUT2D eigenvalue weighted by atomic mass is 16.5. The Morgan fingerprint density at radius 2 is 1.70 bits per heavy atom. The summed E-state index contributed by atoms with van der Waals surface area (Å²) < 4.78 is 5.26. The van der Waals surface area contributed by atoms with Crippen molar-refractivity contribution in [3.63, 3.8) is 0 Å². The number of piperazine rings is 1. The smallest absolute Gasteiger partial charge is 0.163 e. The van der Waals surface area contributed by atoms with Gasteiger partial charge in [-0.3, -0.25) is 0 Å². The molecule has 0 bridgehead atoms. The molecule has 2 aromatic carbocycles. The Bertz CT molecular complexity index is 592. The molecule has 3 rings (SSSR count). The van der Waals surface area contributed by atoms with Gasteiger partial charge >= 0.3 is 0 Å². The van der Waals surface area contributed by atoms with Crippen LogP contribution in [0.3, 0.4) is 0 Å². The molecule has 23 heavy (non-hydrogen) atoms. The lowest BCUT2D eigenvalue weighted by atomic mass is 10.0. The second-order valence-electron chi connectivity index (χ2n) is 6.10. The molecule has 0 aromatic heterocycles. The van der Waals surface area contributed by atoms with Crippen LogP contribution in [0, 0.1) is 0 Å². The second kappa shape index (κ2) is 7.49. The molecule has 0 unspecified atom stereocenters. The molecule has 0 aliphatic carbocycles. The van der Waals surface area contributed by atoms with E-state index in [0.717, 1.165) is 38.5 Å². The number of methoxy groups -OCH3 is 1. The van der Waals surface area contributed by atoms with Crippen LogP contribution in [0.15, 0.2) is 54.6 Å². The van der Waals surface area contributed by atoms with E-state index in [2.05, 4.69) is 65.2 Å². The molecule has 122 valence electrons. The summed E-state index contributed by atoms with van der Waals surface area (Å²) in [6.07, 6.45) is 0. The van der Waals surface area contributed by atoms with Gasteiger partial charge in [-0.15, -0.1) is 0 Å². The zero-order chi connectivity index (χ0) is 16.1.